The topological polar surface area (TPSA) is 49.5 Å². The lowest BCUT2D eigenvalue weighted by molar-refractivity contribution is 0.0540. The molecule has 2 aliphatic heterocycles. The average molecular weight is 184 g/mol. The zero-order chi connectivity index (χ0) is 9.42. The Morgan fingerprint density at radius 3 is 2.15 bits per heavy atom. The van der Waals surface area contributed by atoms with Crippen molar-refractivity contribution in [3.63, 3.8) is 0 Å². The van der Waals surface area contributed by atoms with E-state index >= 15 is 0 Å². The summed E-state index contributed by atoms with van der Waals surface area (Å²) in [6, 6.07) is 1.73. The maximum atomic E-state index is 9.68. The standard InChI is InChI=1S/C10H20N2O/c1-7(10(13)6-11)12-8-2-3-9(12)5-4-8/h7-10,13H,2-6,11H2,1H3. The van der Waals surface area contributed by atoms with Crippen LogP contribution in [0.5, 0.6) is 0 Å². The zero-order valence-electron chi connectivity index (χ0n) is 8.32. The van der Waals surface area contributed by atoms with E-state index < -0.39 is 0 Å². The molecule has 2 aliphatic rings. The minimum Gasteiger partial charge on any atom is -0.390 e. The van der Waals surface area contributed by atoms with Crippen LogP contribution in [-0.2, 0) is 0 Å². The van der Waals surface area contributed by atoms with Crippen LogP contribution in [0.1, 0.15) is 32.6 Å². The van der Waals surface area contributed by atoms with E-state index in [4.69, 9.17) is 5.73 Å². The number of aliphatic hydroxyl groups excluding tert-OH is 1. The summed E-state index contributed by atoms with van der Waals surface area (Å²) in [4.78, 5) is 2.50. The first-order chi connectivity index (χ1) is 6.24. The fraction of sp³-hybridized carbons (Fsp3) is 1.00. The van der Waals surface area contributed by atoms with E-state index in [9.17, 15) is 5.11 Å². The molecule has 0 aromatic rings. The first-order valence-electron chi connectivity index (χ1n) is 5.39. The third kappa shape index (κ3) is 1.49. The van der Waals surface area contributed by atoms with Crippen molar-refractivity contribution < 1.29 is 5.11 Å². The van der Waals surface area contributed by atoms with Gasteiger partial charge in [0.15, 0.2) is 0 Å². The highest BCUT2D eigenvalue weighted by atomic mass is 16.3. The van der Waals surface area contributed by atoms with Gasteiger partial charge in [-0.3, -0.25) is 4.90 Å². The molecule has 0 aliphatic carbocycles. The van der Waals surface area contributed by atoms with Crippen LogP contribution in [0.3, 0.4) is 0 Å². The Balaban J connectivity index is 2.00. The van der Waals surface area contributed by atoms with E-state index in [2.05, 4.69) is 11.8 Å². The summed E-state index contributed by atoms with van der Waals surface area (Å²) in [5.41, 5.74) is 5.48. The van der Waals surface area contributed by atoms with Gasteiger partial charge >= 0.3 is 0 Å². The smallest absolute Gasteiger partial charge is 0.0814 e. The van der Waals surface area contributed by atoms with Crippen molar-refractivity contribution in [3.05, 3.63) is 0 Å². The van der Waals surface area contributed by atoms with Gasteiger partial charge in [-0.15, -0.1) is 0 Å². The normalized spacial score (nSPS) is 38.1. The molecule has 2 unspecified atom stereocenters. The second-order valence-corrected chi connectivity index (χ2v) is 4.45. The Labute approximate surface area is 79.9 Å². The minimum absolute atomic E-state index is 0.255. The third-order valence-electron chi connectivity index (χ3n) is 3.78. The van der Waals surface area contributed by atoms with Crippen LogP contribution in [0.25, 0.3) is 0 Å². The van der Waals surface area contributed by atoms with Crippen LogP contribution in [0.4, 0.5) is 0 Å². The molecule has 13 heavy (non-hydrogen) atoms. The Kier molecular flexibility index (Phi) is 2.58. The molecule has 0 aromatic carbocycles. The zero-order valence-corrected chi connectivity index (χ0v) is 8.32. The number of rotatable bonds is 3. The molecule has 76 valence electrons. The summed E-state index contributed by atoms with van der Waals surface area (Å²) in [6.45, 7) is 2.49. The number of hydrogen-bond acceptors (Lipinski definition) is 3. The molecule has 2 bridgehead atoms. The van der Waals surface area contributed by atoms with Crippen LogP contribution in [0.15, 0.2) is 0 Å². The Hall–Kier alpha value is -0.120. The molecule has 3 nitrogen and oxygen atoms in total. The molecule has 0 saturated carbocycles. The monoisotopic (exact) mass is 184 g/mol. The number of fused-ring (bicyclic) bond motifs is 2. The third-order valence-corrected chi connectivity index (χ3v) is 3.78. The lowest BCUT2D eigenvalue weighted by Gasteiger charge is -2.32. The van der Waals surface area contributed by atoms with Gasteiger partial charge in [-0.25, -0.2) is 0 Å². The van der Waals surface area contributed by atoms with Crippen molar-refractivity contribution in [2.75, 3.05) is 6.54 Å². The molecule has 0 radical (unpaired) electrons. The van der Waals surface area contributed by atoms with Gasteiger partial charge in [0.1, 0.15) is 0 Å². The molecule has 0 amide bonds. The van der Waals surface area contributed by atoms with Gasteiger partial charge in [-0.2, -0.15) is 0 Å². The Morgan fingerprint density at radius 2 is 1.77 bits per heavy atom. The Bertz CT molecular complexity index is 166. The van der Waals surface area contributed by atoms with E-state index in [1.165, 1.54) is 25.7 Å². The second-order valence-electron chi connectivity index (χ2n) is 4.45. The van der Waals surface area contributed by atoms with Crippen molar-refractivity contribution >= 4 is 0 Å². The quantitative estimate of drug-likeness (QED) is 0.664. The molecule has 2 atom stereocenters. The largest absolute Gasteiger partial charge is 0.390 e. The molecular formula is C10H20N2O. The molecule has 3 heteroatoms. The highest BCUT2D eigenvalue weighted by Crippen LogP contribution is 2.39. The Morgan fingerprint density at radius 1 is 1.31 bits per heavy atom. The molecule has 2 fully saturated rings. The molecule has 0 spiro atoms. The van der Waals surface area contributed by atoms with Gasteiger partial charge in [-0.1, -0.05) is 0 Å². The highest BCUT2D eigenvalue weighted by Gasteiger charge is 2.42. The average Bonchev–Trinajstić information content (AvgIpc) is 2.74. The molecule has 2 saturated heterocycles. The van der Waals surface area contributed by atoms with Crippen LogP contribution in [0.2, 0.25) is 0 Å². The van der Waals surface area contributed by atoms with Gasteiger partial charge in [0.05, 0.1) is 6.10 Å². The van der Waals surface area contributed by atoms with Crippen LogP contribution in [0, 0.1) is 0 Å². The summed E-state index contributed by atoms with van der Waals surface area (Å²) >= 11 is 0. The van der Waals surface area contributed by atoms with Crippen LogP contribution < -0.4 is 5.73 Å². The van der Waals surface area contributed by atoms with Gasteiger partial charge < -0.3 is 10.8 Å². The number of aliphatic hydroxyl groups is 1. The van der Waals surface area contributed by atoms with Crippen molar-refractivity contribution in [2.45, 2.75) is 56.8 Å². The van der Waals surface area contributed by atoms with Crippen molar-refractivity contribution in [2.24, 2.45) is 5.73 Å². The minimum atomic E-state index is -0.346. The van der Waals surface area contributed by atoms with E-state index in [0.717, 1.165) is 12.1 Å². The molecule has 2 heterocycles. The molecular weight excluding hydrogens is 164 g/mol. The van der Waals surface area contributed by atoms with Gasteiger partial charge in [0.2, 0.25) is 0 Å². The summed E-state index contributed by atoms with van der Waals surface area (Å²) in [6.07, 6.45) is 4.96. The SMILES string of the molecule is CC(C(O)CN)N1C2CCC1CC2. The number of nitrogens with two attached hydrogens (primary N) is 1. The maximum Gasteiger partial charge on any atom is 0.0814 e. The maximum absolute atomic E-state index is 9.68. The lowest BCUT2D eigenvalue weighted by Crippen LogP contribution is -2.47. The van der Waals surface area contributed by atoms with E-state index in [-0.39, 0.29) is 12.1 Å². The molecule has 3 N–H and O–H groups in total. The van der Waals surface area contributed by atoms with E-state index in [0.29, 0.717) is 6.54 Å². The summed E-state index contributed by atoms with van der Waals surface area (Å²) in [7, 11) is 0. The summed E-state index contributed by atoms with van der Waals surface area (Å²) < 4.78 is 0. The van der Waals surface area contributed by atoms with Crippen molar-refractivity contribution in [1.82, 2.24) is 4.90 Å². The fourth-order valence-corrected chi connectivity index (χ4v) is 3.01. The van der Waals surface area contributed by atoms with Crippen molar-refractivity contribution in [3.8, 4) is 0 Å². The van der Waals surface area contributed by atoms with Gasteiger partial charge in [0.25, 0.3) is 0 Å². The number of nitrogens with zero attached hydrogens (tertiary/aromatic N) is 1. The first-order valence-corrected chi connectivity index (χ1v) is 5.39. The summed E-state index contributed by atoms with van der Waals surface area (Å²) in [5, 5.41) is 9.68. The highest BCUT2D eigenvalue weighted by molar-refractivity contribution is 4.98. The lowest BCUT2D eigenvalue weighted by atomic mass is 10.0. The second kappa shape index (κ2) is 3.56. The van der Waals surface area contributed by atoms with Crippen LogP contribution in [-0.4, -0.2) is 40.8 Å². The van der Waals surface area contributed by atoms with Gasteiger partial charge in [-0.05, 0) is 32.6 Å². The predicted molar refractivity (Wildman–Crippen MR) is 52.4 cm³/mol. The summed E-state index contributed by atoms with van der Waals surface area (Å²) in [5.74, 6) is 0. The molecule has 2 rings (SSSR count). The van der Waals surface area contributed by atoms with E-state index in [1.54, 1.807) is 0 Å². The van der Waals surface area contributed by atoms with E-state index in [1.807, 2.05) is 0 Å². The van der Waals surface area contributed by atoms with Crippen LogP contribution >= 0.6 is 0 Å². The van der Waals surface area contributed by atoms with Crippen molar-refractivity contribution in [1.29, 1.82) is 0 Å². The number of hydrogen-bond donors (Lipinski definition) is 2. The van der Waals surface area contributed by atoms with Gasteiger partial charge in [0, 0.05) is 24.7 Å². The molecule has 0 aromatic heterocycles. The first kappa shape index (κ1) is 9.44. The fourth-order valence-electron chi connectivity index (χ4n) is 3.01. The predicted octanol–water partition coefficient (Wildman–Crippen LogP) is 0.321.